The van der Waals surface area contributed by atoms with Crippen LogP contribution in [0.1, 0.15) is 16.7 Å². The van der Waals surface area contributed by atoms with Crippen molar-refractivity contribution in [1.82, 2.24) is 5.32 Å². The number of hydrogen-bond donors (Lipinski definition) is 1. The van der Waals surface area contributed by atoms with Crippen LogP contribution in [0.25, 0.3) is 6.08 Å². The molecule has 1 heterocycles. The third-order valence-corrected chi connectivity index (χ3v) is 6.83. The van der Waals surface area contributed by atoms with E-state index in [-0.39, 0.29) is 17.9 Å². The summed E-state index contributed by atoms with van der Waals surface area (Å²) in [4.78, 5) is 39.6. The molecule has 178 valence electrons. The summed E-state index contributed by atoms with van der Waals surface area (Å²) in [6.45, 7) is 1.89. The number of carbonyl (C=O) groups is 3. The zero-order chi connectivity index (χ0) is 25.3. The number of aryl methyl sites for hydroxylation is 1. The second-order valence-corrected chi connectivity index (χ2v) is 10.2. The summed E-state index contributed by atoms with van der Waals surface area (Å²) in [6, 6.07) is 14.7. The molecule has 6 nitrogen and oxygen atoms in total. The lowest BCUT2D eigenvalue weighted by Gasteiger charge is -2.27. The highest BCUT2D eigenvalue weighted by Gasteiger charge is 2.37. The molecule has 3 aromatic carbocycles. The van der Waals surface area contributed by atoms with Gasteiger partial charge in [-0.1, -0.05) is 63.4 Å². The molecular weight excluding hydrogens is 623 g/mol. The Morgan fingerprint density at radius 2 is 1.77 bits per heavy atom. The van der Waals surface area contributed by atoms with Gasteiger partial charge in [-0.2, -0.15) is 0 Å². The van der Waals surface area contributed by atoms with Gasteiger partial charge in [-0.3, -0.25) is 14.9 Å². The molecule has 0 spiro atoms. The molecule has 4 amide bonds. The van der Waals surface area contributed by atoms with Gasteiger partial charge < -0.3 is 4.74 Å². The molecule has 1 aliphatic rings. The molecule has 0 aromatic heterocycles. The number of barbiturate groups is 1. The zero-order valence-corrected chi connectivity index (χ0v) is 22.8. The van der Waals surface area contributed by atoms with Gasteiger partial charge in [-0.25, -0.2) is 9.69 Å². The van der Waals surface area contributed by atoms with Gasteiger partial charge in [0.25, 0.3) is 11.8 Å². The van der Waals surface area contributed by atoms with Gasteiger partial charge in [0, 0.05) is 25.6 Å². The fourth-order valence-corrected chi connectivity index (χ4v) is 5.19. The van der Waals surface area contributed by atoms with Gasteiger partial charge in [0.1, 0.15) is 17.9 Å². The number of nitrogens with zero attached hydrogens (tertiary/aromatic N) is 1. The number of anilines is 1. The van der Waals surface area contributed by atoms with Gasteiger partial charge in [-0.15, -0.1) is 0 Å². The molecule has 4 rings (SSSR count). The van der Waals surface area contributed by atoms with Crippen LogP contribution in [0.4, 0.5) is 10.5 Å². The standard InChI is InChI=1S/C25H16Br2Cl2N2O4/c1-13-6-7-17(28)11-21(13)31-24(33)18(23(32)30-25(31)34)9-15-8-16(26)10-19(27)22(15)35-12-14-4-2-3-5-20(14)29/h2-11H,12H2,1H3,(H,30,32,34)/b18-9+. The molecule has 0 saturated carbocycles. The number of amides is 4. The normalized spacial score (nSPS) is 14.9. The predicted octanol–water partition coefficient (Wildman–Crippen LogP) is 7.07. The van der Waals surface area contributed by atoms with Crippen LogP contribution in [0.3, 0.4) is 0 Å². The first-order valence-electron chi connectivity index (χ1n) is 10.2. The Labute approximate surface area is 228 Å². The predicted molar refractivity (Wildman–Crippen MR) is 143 cm³/mol. The average molecular weight is 639 g/mol. The third-order valence-electron chi connectivity index (χ3n) is 5.18. The van der Waals surface area contributed by atoms with Crippen molar-refractivity contribution in [3.63, 3.8) is 0 Å². The highest BCUT2D eigenvalue weighted by molar-refractivity contribution is 9.11. The Bertz CT molecular complexity index is 1410. The van der Waals surface area contributed by atoms with Crippen molar-refractivity contribution in [2.45, 2.75) is 13.5 Å². The highest BCUT2D eigenvalue weighted by atomic mass is 79.9. The summed E-state index contributed by atoms with van der Waals surface area (Å²) in [5.74, 6) is -1.20. The SMILES string of the molecule is Cc1ccc(Cl)cc1N1C(=O)NC(=O)/C(=C\c2cc(Br)cc(Br)c2OCc2ccccc2Cl)C1=O. The van der Waals surface area contributed by atoms with Gasteiger partial charge in [0.15, 0.2) is 0 Å². The molecule has 0 radical (unpaired) electrons. The molecule has 0 atom stereocenters. The fraction of sp³-hybridized carbons (Fsp3) is 0.0800. The van der Waals surface area contributed by atoms with Crippen LogP contribution in [0, 0.1) is 6.92 Å². The quantitative estimate of drug-likeness (QED) is 0.240. The molecule has 0 unspecified atom stereocenters. The van der Waals surface area contributed by atoms with Crippen molar-refractivity contribution in [3.05, 3.63) is 95.9 Å². The average Bonchev–Trinajstić information content (AvgIpc) is 2.79. The van der Waals surface area contributed by atoms with Crippen molar-refractivity contribution in [2.75, 3.05) is 4.90 Å². The minimum atomic E-state index is -0.854. The molecular formula is C25H16Br2Cl2N2O4. The summed E-state index contributed by atoms with van der Waals surface area (Å²) in [7, 11) is 0. The lowest BCUT2D eigenvalue weighted by Crippen LogP contribution is -2.54. The van der Waals surface area contributed by atoms with Crippen molar-refractivity contribution in [3.8, 4) is 5.75 Å². The summed E-state index contributed by atoms with van der Waals surface area (Å²) in [5, 5.41) is 3.12. The summed E-state index contributed by atoms with van der Waals surface area (Å²) in [6.07, 6.45) is 1.38. The number of hydrogen-bond acceptors (Lipinski definition) is 4. The second-order valence-electron chi connectivity index (χ2n) is 7.57. The van der Waals surface area contributed by atoms with Gasteiger partial charge in [0.05, 0.1) is 10.2 Å². The number of urea groups is 1. The van der Waals surface area contributed by atoms with E-state index in [4.69, 9.17) is 27.9 Å². The number of rotatable bonds is 5. The maximum Gasteiger partial charge on any atom is 0.335 e. The minimum Gasteiger partial charge on any atom is -0.487 e. The van der Waals surface area contributed by atoms with E-state index in [9.17, 15) is 14.4 Å². The van der Waals surface area contributed by atoms with E-state index < -0.39 is 17.8 Å². The molecule has 1 fully saturated rings. The van der Waals surface area contributed by atoms with E-state index in [1.54, 1.807) is 37.3 Å². The number of imide groups is 2. The van der Waals surface area contributed by atoms with Gasteiger partial charge >= 0.3 is 6.03 Å². The van der Waals surface area contributed by atoms with Crippen LogP contribution in [0.15, 0.2) is 69.1 Å². The topological polar surface area (TPSA) is 75.7 Å². The lowest BCUT2D eigenvalue weighted by molar-refractivity contribution is -0.122. The second kappa shape index (κ2) is 10.5. The van der Waals surface area contributed by atoms with Crippen molar-refractivity contribution in [1.29, 1.82) is 0 Å². The summed E-state index contributed by atoms with van der Waals surface area (Å²) in [5.41, 5.74) is 1.89. The first-order valence-corrected chi connectivity index (χ1v) is 12.5. The van der Waals surface area contributed by atoms with Crippen LogP contribution < -0.4 is 15.0 Å². The molecule has 0 aliphatic carbocycles. The first kappa shape index (κ1) is 25.4. The maximum atomic E-state index is 13.4. The van der Waals surface area contributed by atoms with E-state index in [0.717, 1.165) is 10.5 Å². The van der Waals surface area contributed by atoms with Crippen LogP contribution in [0.5, 0.6) is 5.75 Å². The molecule has 1 aliphatic heterocycles. The molecule has 1 N–H and O–H groups in total. The first-order chi connectivity index (χ1) is 16.7. The molecule has 10 heteroatoms. The van der Waals surface area contributed by atoms with Crippen LogP contribution in [-0.4, -0.2) is 17.8 Å². The van der Waals surface area contributed by atoms with Crippen LogP contribution in [0.2, 0.25) is 10.0 Å². The van der Waals surface area contributed by atoms with E-state index in [1.165, 1.54) is 12.1 Å². The Kier molecular flexibility index (Phi) is 7.66. The van der Waals surface area contributed by atoms with Crippen molar-refractivity contribution >= 4 is 84.7 Å². The minimum absolute atomic E-state index is 0.155. The Morgan fingerprint density at radius 3 is 2.51 bits per heavy atom. The number of ether oxygens (including phenoxy) is 1. The largest absolute Gasteiger partial charge is 0.487 e. The lowest BCUT2D eigenvalue weighted by atomic mass is 10.0. The van der Waals surface area contributed by atoms with Gasteiger partial charge in [0.2, 0.25) is 0 Å². The van der Waals surface area contributed by atoms with Crippen LogP contribution >= 0.6 is 55.1 Å². The smallest absolute Gasteiger partial charge is 0.335 e. The fourth-order valence-electron chi connectivity index (χ4n) is 3.46. The van der Waals surface area contributed by atoms with E-state index >= 15 is 0 Å². The Hall–Kier alpha value is -2.65. The molecule has 3 aromatic rings. The summed E-state index contributed by atoms with van der Waals surface area (Å²) < 4.78 is 7.31. The summed E-state index contributed by atoms with van der Waals surface area (Å²) >= 11 is 19.2. The highest BCUT2D eigenvalue weighted by Crippen LogP contribution is 2.36. The number of benzene rings is 3. The monoisotopic (exact) mass is 636 g/mol. The van der Waals surface area contributed by atoms with Crippen LogP contribution in [-0.2, 0) is 16.2 Å². The number of carbonyl (C=O) groups excluding carboxylic acids is 3. The van der Waals surface area contributed by atoms with E-state index in [1.807, 2.05) is 18.2 Å². The van der Waals surface area contributed by atoms with Gasteiger partial charge in [-0.05, 0) is 64.8 Å². The molecule has 1 saturated heterocycles. The zero-order valence-electron chi connectivity index (χ0n) is 18.1. The number of nitrogens with one attached hydrogen (secondary N) is 1. The maximum absolute atomic E-state index is 13.4. The number of halogens is 4. The van der Waals surface area contributed by atoms with E-state index in [0.29, 0.717) is 35.9 Å². The van der Waals surface area contributed by atoms with Crippen molar-refractivity contribution in [2.24, 2.45) is 0 Å². The molecule has 0 bridgehead atoms. The third kappa shape index (κ3) is 5.46. The Balaban J connectivity index is 1.75. The van der Waals surface area contributed by atoms with Crippen molar-refractivity contribution < 1.29 is 19.1 Å². The molecule has 35 heavy (non-hydrogen) atoms. The van der Waals surface area contributed by atoms with E-state index in [2.05, 4.69) is 37.2 Å². The Morgan fingerprint density at radius 1 is 1.03 bits per heavy atom.